The molecule has 2 aromatic rings. The molecule has 0 heterocycles. The summed E-state index contributed by atoms with van der Waals surface area (Å²) in [7, 11) is -2.24. The van der Waals surface area contributed by atoms with E-state index in [2.05, 4.69) is 0 Å². The maximum atomic E-state index is 12.5. The minimum Gasteiger partial charge on any atom is -0.399 e. The molecule has 0 aliphatic heterocycles. The van der Waals surface area contributed by atoms with E-state index in [9.17, 15) is 8.42 Å². The minimum atomic E-state index is -3.72. The van der Waals surface area contributed by atoms with Crippen molar-refractivity contribution >= 4 is 38.9 Å². The van der Waals surface area contributed by atoms with Gasteiger partial charge >= 0.3 is 0 Å². The minimum absolute atomic E-state index is 0.00584. The van der Waals surface area contributed by atoms with Crippen LogP contribution in [0, 0.1) is 0 Å². The molecular weight excluding hydrogens is 331 g/mol. The van der Waals surface area contributed by atoms with E-state index < -0.39 is 10.0 Å². The highest BCUT2D eigenvalue weighted by atomic mass is 35.5. The predicted octanol–water partition coefficient (Wildman–Crippen LogP) is 3.40. The molecule has 0 atom stereocenters. The van der Waals surface area contributed by atoms with Crippen LogP contribution in [-0.4, -0.2) is 19.8 Å². The maximum absolute atomic E-state index is 12.5. The zero-order valence-corrected chi connectivity index (χ0v) is 13.6. The van der Waals surface area contributed by atoms with Gasteiger partial charge in [-0.05, 0) is 35.9 Å². The molecule has 0 aliphatic rings. The monoisotopic (exact) mass is 344 g/mol. The molecule has 4 nitrogen and oxygen atoms in total. The van der Waals surface area contributed by atoms with Crippen molar-refractivity contribution in [1.82, 2.24) is 4.31 Å². The lowest BCUT2D eigenvalue weighted by molar-refractivity contribution is 0.467. The van der Waals surface area contributed by atoms with Gasteiger partial charge in [0.2, 0.25) is 10.0 Å². The van der Waals surface area contributed by atoms with Crippen LogP contribution in [0.2, 0.25) is 10.0 Å². The van der Waals surface area contributed by atoms with Crippen LogP contribution in [0.5, 0.6) is 0 Å². The van der Waals surface area contributed by atoms with Crippen LogP contribution in [0.25, 0.3) is 0 Å². The molecule has 0 unspecified atom stereocenters. The highest BCUT2D eigenvalue weighted by Gasteiger charge is 2.24. The molecule has 0 aliphatic carbocycles. The fourth-order valence-electron chi connectivity index (χ4n) is 1.86. The molecule has 0 bridgehead atoms. The highest BCUT2D eigenvalue weighted by molar-refractivity contribution is 7.89. The van der Waals surface area contributed by atoms with Gasteiger partial charge in [0.05, 0.1) is 5.02 Å². The smallest absolute Gasteiger partial charge is 0.244 e. The van der Waals surface area contributed by atoms with Crippen molar-refractivity contribution in [2.24, 2.45) is 0 Å². The van der Waals surface area contributed by atoms with Crippen LogP contribution >= 0.6 is 23.2 Å². The number of hydrogen-bond donors (Lipinski definition) is 1. The van der Waals surface area contributed by atoms with Crippen LogP contribution in [0.4, 0.5) is 5.69 Å². The van der Waals surface area contributed by atoms with Crippen LogP contribution in [0.3, 0.4) is 0 Å². The van der Waals surface area contributed by atoms with E-state index in [1.165, 1.54) is 23.5 Å². The molecule has 2 rings (SSSR count). The zero-order valence-electron chi connectivity index (χ0n) is 11.3. The molecule has 2 N–H and O–H groups in total. The SMILES string of the molecule is CN(Cc1cccc(Cl)c1)S(=O)(=O)c1cc(N)ccc1Cl. The molecule has 0 saturated heterocycles. The molecule has 0 fully saturated rings. The molecular formula is C14H14Cl2N2O2S. The number of nitrogen functional groups attached to an aromatic ring is 1. The molecule has 2 aromatic carbocycles. The lowest BCUT2D eigenvalue weighted by Gasteiger charge is -2.18. The Hall–Kier alpha value is -1.27. The predicted molar refractivity (Wildman–Crippen MR) is 86.0 cm³/mol. The Bertz CT molecular complexity index is 763. The van der Waals surface area contributed by atoms with Crippen LogP contribution in [-0.2, 0) is 16.6 Å². The maximum Gasteiger partial charge on any atom is 0.244 e. The first-order valence-electron chi connectivity index (χ1n) is 6.06. The van der Waals surface area contributed by atoms with Gasteiger partial charge in [-0.3, -0.25) is 0 Å². The Morgan fingerprint density at radius 2 is 1.86 bits per heavy atom. The fourth-order valence-corrected chi connectivity index (χ4v) is 3.74. The van der Waals surface area contributed by atoms with Gasteiger partial charge < -0.3 is 5.73 Å². The Balaban J connectivity index is 2.33. The quantitative estimate of drug-likeness (QED) is 0.864. The summed E-state index contributed by atoms with van der Waals surface area (Å²) in [6.07, 6.45) is 0. The highest BCUT2D eigenvalue weighted by Crippen LogP contribution is 2.27. The van der Waals surface area contributed by atoms with E-state index in [-0.39, 0.29) is 16.5 Å². The second kappa shape index (κ2) is 6.23. The number of anilines is 1. The molecule has 0 amide bonds. The number of benzene rings is 2. The van der Waals surface area contributed by atoms with Crippen LogP contribution in [0.15, 0.2) is 47.4 Å². The van der Waals surface area contributed by atoms with Gasteiger partial charge in [0.15, 0.2) is 0 Å². The van der Waals surface area contributed by atoms with Crippen molar-refractivity contribution in [2.75, 3.05) is 12.8 Å². The second-order valence-corrected chi connectivity index (χ2v) is 7.44. The van der Waals surface area contributed by atoms with Crippen LogP contribution < -0.4 is 5.73 Å². The van der Waals surface area contributed by atoms with Gasteiger partial charge in [0.1, 0.15) is 4.90 Å². The van der Waals surface area contributed by atoms with Gasteiger partial charge in [0, 0.05) is 24.3 Å². The Morgan fingerprint density at radius 3 is 2.52 bits per heavy atom. The number of hydrogen-bond acceptors (Lipinski definition) is 3. The summed E-state index contributed by atoms with van der Waals surface area (Å²) in [5.41, 5.74) is 6.77. The molecule has 0 spiro atoms. The lowest BCUT2D eigenvalue weighted by atomic mass is 10.2. The average molecular weight is 345 g/mol. The van der Waals surface area contributed by atoms with Crippen molar-refractivity contribution in [3.8, 4) is 0 Å². The number of rotatable bonds is 4. The van der Waals surface area contributed by atoms with Crippen molar-refractivity contribution in [3.05, 3.63) is 58.1 Å². The summed E-state index contributed by atoms with van der Waals surface area (Å²) < 4.78 is 26.3. The summed E-state index contributed by atoms with van der Waals surface area (Å²) in [5.74, 6) is 0. The third kappa shape index (κ3) is 3.68. The van der Waals surface area contributed by atoms with Crippen molar-refractivity contribution in [1.29, 1.82) is 0 Å². The van der Waals surface area contributed by atoms with Crippen molar-refractivity contribution in [2.45, 2.75) is 11.4 Å². The van der Waals surface area contributed by atoms with E-state index in [0.717, 1.165) is 5.56 Å². The van der Waals surface area contributed by atoms with E-state index in [4.69, 9.17) is 28.9 Å². The van der Waals surface area contributed by atoms with Crippen molar-refractivity contribution in [3.63, 3.8) is 0 Å². The van der Waals surface area contributed by atoms with Gasteiger partial charge in [-0.1, -0.05) is 35.3 Å². The standard InChI is InChI=1S/C14H14Cl2N2O2S/c1-18(9-10-3-2-4-11(15)7-10)21(19,20)14-8-12(17)5-6-13(14)16/h2-8H,9,17H2,1H3. The first-order chi connectivity index (χ1) is 9.80. The van der Waals surface area contributed by atoms with E-state index in [1.807, 2.05) is 0 Å². The number of halogens is 2. The van der Waals surface area contributed by atoms with Gasteiger partial charge in [-0.25, -0.2) is 8.42 Å². The molecule has 0 saturated carbocycles. The van der Waals surface area contributed by atoms with E-state index >= 15 is 0 Å². The largest absolute Gasteiger partial charge is 0.399 e. The second-order valence-electron chi connectivity index (χ2n) is 4.58. The van der Waals surface area contributed by atoms with E-state index in [1.54, 1.807) is 30.3 Å². The van der Waals surface area contributed by atoms with Gasteiger partial charge in [-0.2, -0.15) is 4.31 Å². The summed E-state index contributed by atoms with van der Waals surface area (Å²) in [5, 5.41) is 0.697. The number of nitrogens with two attached hydrogens (primary N) is 1. The summed E-state index contributed by atoms with van der Waals surface area (Å²) in [4.78, 5) is -0.00584. The number of sulfonamides is 1. The lowest BCUT2D eigenvalue weighted by Crippen LogP contribution is -2.26. The normalized spacial score (nSPS) is 11.8. The first kappa shape index (κ1) is 16.1. The fraction of sp³-hybridized carbons (Fsp3) is 0.143. The summed E-state index contributed by atoms with van der Waals surface area (Å²) >= 11 is 11.9. The molecule has 0 radical (unpaired) electrons. The Kier molecular flexibility index (Phi) is 4.78. The third-order valence-corrected chi connectivity index (χ3v) is 5.46. The molecule has 7 heteroatoms. The number of nitrogens with zero attached hydrogens (tertiary/aromatic N) is 1. The Labute approximate surface area is 134 Å². The zero-order chi connectivity index (χ0) is 15.6. The molecule has 0 aromatic heterocycles. The van der Waals surface area contributed by atoms with Gasteiger partial charge in [0.25, 0.3) is 0 Å². The average Bonchev–Trinajstić information content (AvgIpc) is 2.41. The van der Waals surface area contributed by atoms with E-state index in [0.29, 0.717) is 10.7 Å². The molecule has 21 heavy (non-hydrogen) atoms. The first-order valence-corrected chi connectivity index (χ1v) is 8.26. The summed E-state index contributed by atoms with van der Waals surface area (Å²) in [6, 6.07) is 11.4. The third-order valence-electron chi connectivity index (χ3n) is 2.94. The topological polar surface area (TPSA) is 63.4 Å². The molecule has 112 valence electrons. The Morgan fingerprint density at radius 1 is 1.14 bits per heavy atom. The summed E-state index contributed by atoms with van der Waals surface area (Å²) in [6.45, 7) is 0.189. The van der Waals surface area contributed by atoms with Gasteiger partial charge in [-0.15, -0.1) is 0 Å². The van der Waals surface area contributed by atoms with Crippen LogP contribution in [0.1, 0.15) is 5.56 Å². The van der Waals surface area contributed by atoms with Crippen molar-refractivity contribution < 1.29 is 8.42 Å².